The molecule has 36 heavy (non-hydrogen) atoms. The number of carbonyl (C=O) groups is 1. The highest BCUT2D eigenvalue weighted by Gasteiger charge is 2.48. The minimum atomic E-state index is -1.31. The van der Waals surface area contributed by atoms with E-state index >= 15 is 0 Å². The van der Waals surface area contributed by atoms with Crippen molar-refractivity contribution in [1.29, 1.82) is 0 Å². The Morgan fingerprint density at radius 1 is 1.19 bits per heavy atom. The Kier molecular flexibility index (Phi) is 5.95. The highest BCUT2D eigenvalue weighted by atomic mass is 35.5. The molecule has 1 aromatic carbocycles. The Hall–Kier alpha value is -2.65. The van der Waals surface area contributed by atoms with E-state index in [-0.39, 0.29) is 11.9 Å². The number of nitrogens with zero attached hydrogens (tertiary/aromatic N) is 5. The van der Waals surface area contributed by atoms with Gasteiger partial charge in [0.25, 0.3) is 5.91 Å². The largest absolute Gasteiger partial charge is 0.356 e. The lowest BCUT2D eigenvalue weighted by Gasteiger charge is -2.35. The molecule has 1 spiro atoms. The monoisotopic (exact) mass is 526 g/mol. The van der Waals surface area contributed by atoms with Crippen molar-refractivity contribution in [2.24, 2.45) is 5.41 Å². The number of halogens is 1. The summed E-state index contributed by atoms with van der Waals surface area (Å²) in [5.41, 5.74) is 4.26. The van der Waals surface area contributed by atoms with Gasteiger partial charge in [-0.05, 0) is 69.1 Å². The van der Waals surface area contributed by atoms with Crippen LogP contribution in [0.3, 0.4) is 0 Å². The molecule has 3 aliphatic rings. The molecule has 6 rings (SSSR count). The summed E-state index contributed by atoms with van der Waals surface area (Å²) in [5, 5.41) is 5.34. The molecule has 0 bridgehead atoms. The van der Waals surface area contributed by atoms with E-state index in [1.54, 1.807) is 24.5 Å². The third kappa shape index (κ3) is 4.36. The van der Waals surface area contributed by atoms with E-state index in [4.69, 9.17) is 21.7 Å². The number of carbonyl (C=O) groups excluding carboxylic acids is 1. The van der Waals surface area contributed by atoms with Crippen LogP contribution in [0.25, 0.3) is 5.65 Å². The van der Waals surface area contributed by atoms with E-state index in [0.717, 1.165) is 55.1 Å². The molecule has 2 aromatic heterocycles. The molecule has 0 radical (unpaired) electrons. The number of anilines is 2. The summed E-state index contributed by atoms with van der Waals surface area (Å²) >= 11 is 6.25. The van der Waals surface area contributed by atoms with Gasteiger partial charge in [-0.25, -0.2) is 13.7 Å². The number of likely N-dealkylation sites (tertiary alicyclic amines) is 1. The number of amides is 1. The molecule has 1 aliphatic carbocycles. The van der Waals surface area contributed by atoms with Crippen LogP contribution in [0, 0.1) is 12.3 Å². The van der Waals surface area contributed by atoms with Crippen LogP contribution >= 0.6 is 11.6 Å². The van der Waals surface area contributed by atoms with Crippen molar-refractivity contribution < 1.29 is 9.00 Å². The smallest absolute Gasteiger partial charge is 0.256 e. The number of aryl methyl sites for hydroxylation is 1. The fourth-order valence-corrected chi connectivity index (χ4v) is 6.44. The molecule has 1 saturated carbocycles. The maximum Gasteiger partial charge on any atom is 0.256 e. The molecule has 2 unspecified atom stereocenters. The zero-order chi connectivity index (χ0) is 25.0. The SMILES string of the molecule is Cc1cn2nc(C3CCCCN3C(=O)c3cc(Cl)ccc3NS(C)=O)cc2nc1N1CCC2(CC2)C1. The van der Waals surface area contributed by atoms with E-state index < -0.39 is 11.0 Å². The maximum absolute atomic E-state index is 13.8. The molecule has 190 valence electrons. The minimum absolute atomic E-state index is 0.135. The number of nitrogens with one attached hydrogen (secondary N) is 1. The molecule has 2 saturated heterocycles. The van der Waals surface area contributed by atoms with Crippen molar-refractivity contribution in [3.05, 3.63) is 52.3 Å². The first-order chi connectivity index (χ1) is 17.3. The van der Waals surface area contributed by atoms with Crippen LogP contribution in [0.2, 0.25) is 5.02 Å². The minimum Gasteiger partial charge on any atom is -0.356 e. The van der Waals surface area contributed by atoms with Crippen molar-refractivity contribution >= 4 is 45.6 Å². The van der Waals surface area contributed by atoms with Crippen LogP contribution in [-0.4, -0.2) is 55.5 Å². The number of benzene rings is 1. The topological polar surface area (TPSA) is 82.8 Å². The molecule has 4 heterocycles. The average Bonchev–Trinajstić information content (AvgIpc) is 3.29. The van der Waals surface area contributed by atoms with Crippen LogP contribution in [-0.2, 0) is 11.0 Å². The molecule has 1 amide bonds. The summed E-state index contributed by atoms with van der Waals surface area (Å²) in [7, 11) is -1.31. The van der Waals surface area contributed by atoms with Crippen molar-refractivity contribution in [3.63, 3.8) is 0 Å². The summed E-state index contributed by atoms with van der Waals surface area (Å²) in [6, 6.07) is 6.92. The van der Waals surface area contributed by atoms with Crippen molar-refractivity contribution in [2.45, 2.75) is 51.5 Å². The fourth-order valence-electron chi connectivity index (χ4n) is 5.78. The first-order valence-electron chi connectivity index (χ1n) is 12.6. The molecule has 10 heteroatoms. The molecular formula is C26H31ClN6O2S. The summed E-state index contributed by atoms with van der Waals surface area (Å²) in [4.78, 5) is 23.1. The first kappa shape index (κ1) is 23.7. The summed E-state index contributed by atoms with van der Waals surface area (Å²) in [6.07, 6.45) is 10.3. The van der Waals surface area contributed by atoms with E-state index in [0.29, 0.717) is 28.2 Å². The third-order valence-corrected chi connectivity index (χ3v) is 8.63. The van der Waals surface area contributed by atoms with Gasteiger partial charge in [0, 0.05) is 48.7 Å². The number of hydrogen-bond donors (Lipinski definition) is 1. The van der Waals surface area contributed by atoms with Crippen LogP contribution < -0.4 is 9.62 Å². The summed E-state index contributed by atoms with van der Waals surface area (Å²) in [6.45, 7) is 4.89. The quantitative estimate of drug-likeness (QED) is 0.518. The van der Waals surface area contributed by atoms with Gasteiger partial charge in [0.05, 0.1) is 23.0 Å². The van der Waals surface area contributed by atoms with E-state index in [1.165, 1.54) is 19.3 Å². The first-order valence-corrected chi connectivity index (χ1v) is 14.6. The van der Waals surface area contributed by atoms with E-state index in [2.05, 4.69) is 22.7 Å². The zero-order valence-electron chi connectivity index (χ0n) is 20.7. The predicted molar refractivity (Wildman–Crippen MR) is 143 cm³/mol. The van der Waals surface area contributed by atoms with E-state index in [9.17, 15) is 9.00 Å². The lowest BCUT2D eigenvalue weighted by molar-refractivity contribution is 0.0607. The van der Waals surface area contributed by atoms with Crippen LogP contribution in [0.15, 0.2) is 30.5 Å². The van der Waals surface area contributed by atoms with Crippen molar-refractivity contribution in [3.8, 4) is 0 Å². The van der Waals surface area contributed by atoms with Crippen LogP contribution in [0.1, 0.15) is 66.2 Å². The molecule has 1 N–H and O–H groups in total. The zero-order valence-corrected chi connectivity index (χ0v) is 22.2. The summed E-state index contributed by atoms with van der Waals surface area (Å²) in [5.74, 6) is 0.917. The van der Waals surface area contributed by atoms with Gasteiger partial charge < -0.3 is 14.5 Å². The maximum atomic E-state index is 13.8. The van der Waals surface area contributed by atoms with Crippen LogP contribution in [0.4, 0.5) is 11.5 Å². The van der Waals surface area contributed by atoms with Gasteiger partial charge in [0.2, 0.25) is 0 Å². The van der Waals surface area contributed by atoms with Gasteiger partial charge in [-0.3, -0.25) is 4.79 Å². The number of piperidine rings is 1. The fraction of sp³-hybridized carbons (Fsp3) is 0.500. The van der Waals surface area contributed by atoms with Crippen LogP contribution in [0.5, 0.6) is 0 Å². The second-order valence-electron chi connectivity index (χ2n) is 10.5. The Bertz CT molecular complexity index is 1370. The number of rotatable bonds is 5. The van der Waals surface area contributed by atoms with Crippen molar-refractivity contribution in [1.82, 2.24) is 19.5 Å². The predicted octanol–water partition coefficient (Wildman–Crippen LogP) is 4.75. The second-order valence-corrected chi connectivity index (χ2v) is 12.1. The van der Waals surface area contributed by atoms with Gasteiger partial charge >= 0.3 is 0 Å². The number of aromatic nitrogens is 3. The van der Waals surface area contributed by atoms with Gasteiger partial charge in [0.1, 0.15) is 16.8 Å². The number of fused-ring (bicyclic) bond motifs is 1. The molecule has 2 atom stereocenters. The standard InChI is InChI=1S/C26H31ClN6O2S/c1-17-15-33-23(28-24(17)31-12-10-26(16-31)8-9-26)14-21(29-33)22-5-3-4-11-32(22)25(34)19-13-18(27)6-7-20(19)30-36(2)35/h6-7,13-15,22,30H,3-5,8-12,16H2,1-2H3. The second kappa shape index (κ2) is 9.03. The Labute approximate surface area is 218 Å². The van der Waals surface area contributed by atoms with Gasteiger partial charge in [-0.1, -0.05) is 11.6 Å². The highest BCUT2D eigenvalue weighted by Crippen LogP contribution is 2.53. The summed E-state index contributed by atoms with van der Waals surface area (Å²) < 4.78 is 16.6. The van der Waals surface area contributed by atoms with Gasteiger partial charge in [0.15, 0.2) is 5.65 Å². The Morgan fingerprint density at radius 3 is 2.78 bits per heavy atom. The van der Waals surface area contributed by atoms with Crippen molar-refractivity contribution in [2.75, 3.05) is 35.5 Å². The lowest BCUT2D eigenvalue weighted by Crippen LogP contribution is -2.39. The molecule has 8 nitrogen and oxygen atoms in total. The highest BCUT2D eigenvalue weighted by molar-refractivity contribution is 7.85. The van der Waals surface area contributed by atoms with Gasteiger partial charge in [-0.2, -0.15) is 5.10 Å². The molecule has 3 aromatic rings. The van der Waals surface area contributed by atoms with Gasteiger partial charge in [-0.15, -0.1) is 0 Å². The average molecular weight is 527 g/mol. The molecule has 3 fully saturated rings. The Morgan fingerprint density at radius 2 is 2.03 bits per heavy atom. The lowest BCUT2D eigenvalue weighted by atomic mass is 9.98. The third-order valence-electron chi connectivity index (χ3n) is 7.89. The molecule has 2 aliphatic heterocycles. The number of hydrogen-bond acceptors (Lipinski definition) is 5. The normalized spacial score (nSPS) is 21.8. The molecular weight excluding hydrogens is 496 g/mol. The van der Waals surface area contributed by atoms with E-state index in [1.807, 2.05) is 15.5 Å². The Balaban J connectivity index is 1.32.